The van der Waals surface area contributed by atoms with Crippen LogP contribution in [0.25, 0.3) is 0 Å². The lowest BCUT2D eigenvalue weighted by Crippen LogP contribution is -2.14. The van der Waals surface area contributed by atoms with Gasteiger partial charge < -0.3 is 10.6 Å². The zero-order valence-electron chi connectivity index (χ0n) is 15.4. The fourth-order valence-corrected chi connectivity index (χ4v) is 2.72. The van der Waals surface area contributed by atoms with Crippen molar-refractivity contribution in [3.05, 3.63) is 77.5 Å². The first-order chi connectivity index (χ1) is 13.0. The topological polar surface area (TPSA) is 76.0 Å². The predicted octanol–water partition coefficient (Wildman–Crippen LogP) is 3.55. The molecule has 0 atom stereocenters. The van der Waals surface area contributed by atoms with Crippen molar-refractivity contribution in [1.29, 1.82) is 0 Å². The highest BCUT2D eigenvalue weighted by Gasteiger charge is 2.15. The quantitative estimate of drug-likeness (QED) is 0.704. The Morgan fingerprint density at radius 1 is 1.00 bits per heavy atom. The Morgan fingerprint density at radius 2 is 1.78 bits per heavy atom. The molecule has 27 heavy (non-hydrogen) atoms. The Hall–Kier alpha value is -3.41. The fraction of sp³-hybridized carbons (Fsp3) is 0.190. The Labute approximate surface area is 158 Å². The number of amides is 2. The molecular formula is C21H22N4O2. The molecule has 0 aliphatic heterocycles. The summed E-state index contributed by atoms with van der Waals surface area (Å²) in [5, 5.41) is 9.81. The summed E-state index contributed by atoms with van der Waals surface area (Å²) in [6.45, 7) is 1.96. The van der Waals surface area contributed by atoms with E-state index in [2.05, 4.69) is 15.7 Å². The van der Waals surface area contributed by atoms with Crippen LogP contribution in [0.3, 0.4) is 0 Å². The minimum absolute atomic E-state index is 0.118. The summed E-state index contributed by atoms with van der Waals surface area (Å²) >= 11 is 0. The number of aryl methyl sites for hydroxylation is 3. The van der Waals surface area contributed by atoms with Gasteiger partial charge in [0.2, 0.25) is 5.91 Å². The fourth-order valence-electron chi connectivity index (χ4n) is 2.72. The molecule has 0 bridgehead atoms. The zero-order valence-corrected chi connectivity index (χ0v) is 15.4. The summed E-state index contributed by atoms with van der Waals surface area (Å²) in [5.41, 5.74) is 3.12. The third-order valence-corrected chi connectivity index (χ3v) is 4.14. The van der Waals surface area contributed by atoms with E-state index in [0.717, 1.165) is 11.1 Å². The molecule has 2 amide bonds. The highest BCUT2D eigenvalue weighted by atomic mass is 16.2. The van der Waals surface area contributed by atoms with Crippen LogP contribution in [0.4, 0.5) is 11.5 Å². The summed E-state index contributed by atoms with van der Waals surface area (Å²) in [4.78, 5) is 24.6. The van der Waals surface area contributed by atoms with E-state index in [1.54, 1.807) is 13.1 Å². The van der Waals surface area contributed by atoms with Gasteiger partial charge in [-0.15, -0.1) is 0 Å². The van der Waals surface area contributed by atoms with Crippen molar-refractivity contribution in [3.63, 3.8) is 0 Å². The van der Waals surface area contributed by atoms with Crippen LogP contribution in [0.2, 0.25) is 0 Å². The maximum Gasteiger partial charge on any atom is 0.276 e. The second-order valence-electron chi connectivity index (χ2n) is 6.40. The Morgan fingerprint density at radius 3 is 2.52 bits per heavy atom. The molecule has 0 saturated heterocycles. The van der Waals surface area contributed by atoms with Crippen LogP contribution in [-0.4, -0.2) is 21.6 Å². The van der Waals surface area contributed by atoms with Crippen LogP contribution in [0.1, 0.15) is 28.0 Å². The van der Waals surface area contributed by atoms with Gasteiger partial charge in [0.1, 0.15) is 5.82 Å². The minimum atomic E-state index is -0.319. The number of hydrogen-bond acceptors (Lipinski definition) is 3. The summed E-state index contributed by atoms with van der Waals surface area (Å²) < 4.78 is 1.49. The first-order valence-corrected chi connectivity index (χ1v) is 8.77. The smallest absolute Gasteiger partial charge is 0.276 e. The number of anilines is 2. The molecular weight excluding hydrogens is 340 g/mol. The van der Waals surface area contributed by atoms with Crippen LogP contribution < -0.4 is 10.6 Å². The molecule has 2 N–H and O–H groups in total. The predicted molar refractivity (Wildman–Crippen MR) is 106 cm³/mol. The molecule has 1 heterocycles. The Kier molecular flexibility index (Phi) is 5.66. The second kappa shape index (κ2) is 8.31. The summed E-state index contributed by atoms with van der Waals surface area (Å²) in [6, 6.07) is 18.9. The summed E-state index contributed by atoms with van der Waals surface area (Å²) in [6.07, 6.45) is 1.02. The van der Waals surface area contributed by atoms with E-state index in [0.29, 0.717) is 24.3 Å². The number of nitrogens with one attached hydrogen (secondary N) is 2. The molecule has 6 nitrogen and oxygen atoms in total. The summed E-state index contributed by atoms with van der Waals surface area (Å²) in [7, 11) is 1.69. The average molecular weight is 362 g/mol. The van der Waals surface area contributed by atoms with E-state index < -0.39 is 0 Å². The Bertz CT molecular complexity index is 948. The number of carbonyl (C=O) groups is 2. The molecule has 3 rings (SSSR count). The molecule has 1 aromatic heterocycles. The zero-order chi connectivity index (χ0) is 19.2. The number of hydrogen-bond donors (Lipinski definition) is 2. The lowest BCUT2D eigenvalue weighted by molar-refractivity contribution is -0.116. The molecule has 3 aromatic rings. The van der Waals surface area contributed by atoms with Gasteiger partial charge in [-0.05, 0) is 36.6 Å². The first kappa shape index (κ1) is 18.4. The standard InChI is InChI=1S/C21H22N4O2/c1-15-7-6-10-17(13-15)22-21(27)18-14-19(25(2)24-18)23-20(26)12-11-16-8-4-3-5-9-16/h3-10,13-14H,11-12H2,1-2H3,(H,22,27)(H,23,26). The molecule has 0 aliphatic rings. The van der Waals surface area contributed by atoms with Crippen molar-refractivity contribution < 1.29 is 9.59 Å². The molecule has 0 aliphatic carbocycles. The van der Waals surface area contributed by atoms with Gasteiger partial charge in [0.25, 0.3) is 5.91 Å². The van der Waals surface area contributed by atoms with E-state index in [1.165, 1.54) is 4.68 Å². The van der Waals surface area contributed by atoms with E-state index in [-0.39, 0.29) is 17.5 Å². The number of aromatic nitrogens is 2. The molecule has 0 fully saturated rings. The lowest BCUT2D eigenvalue weighted by atomic mass is 10.1. The number of benzene rings is 2. The van der Waals surface area contributed by atoms with E-state index in [1.807, 2.05) is 61.5 Å². The van der Waals surface area contributed by atoms with Gasteiger partial charge in [0.05, 0.1) is 0 Å². The van der Waals surface area contributed by atoms with Crippen molar-refractivity contribution in [2.45, 2.75) is 19.8 Å². The molecule has 2 aromatic carbocycles. The van der Waals surface area contributed by atoms with Gasteiger partial charge in [0.15, 0.2) is 5.69 Å². The van der Waals surface area contributed by atoms with Crippen LogP contribution in [-0.2, 0) is 18.3 Å². The van der Waals surface area contributed by atoms with Gasteiger partial charge >= 0.3 is 0 Å². The van der Waals surface area contributed by atoms with Gasteiger partial charge in [0, 0.05) is 25.2 Å². The Balaban J connectivity index is 1.60. The monoisotopic (exact) mass is 362 g/mol. The molecule has 0 saturated carbocycles. The molecule has 0 unspecified atom stereocenters. The largest absolute Gasteiger partial charge is 0.321 e. The average Bonchev–Trinajstić information content (AvgIpc) is 3.01. The van der Waals surface area contributed by atoms with Crippen molar-refractivity contribution in [2.75, 3.05) is 10.6 Å². The van der Waals surface area contributed by atoms with Gasteiger partial charge in [-0.3, -0.25) is 14.3 Å². The molecule has 0 radical (unpaired) electrons. The van der Waals surface area contributed by atoms with Crippen molar-refractivity contribution >= 4 is 23.3 Å². The number of nitrogens with zero attached hydrogens (tertiary/aromatic N) is 2. The van der Waals surface area contributed by atoms with Crippen molar-refractivity contribution in [1.82, 2.24) is 9.78 Å². The third-order valence-electron chi connectivity index (χ3n) is 4.14. The first-order valence-electron chi connectivity index (χ1n) is 8.77. The van der Waals surface area contributed by atoms with Gasteiger partial charge in [-0.1, -0.05) is 42.5 Å². The van der Waals surface area contributed by atoms with Crippen LogP contribution in [0, 0.1) is 6.92 Å². The molecule has 0 spiro atoms. The number of rotatable bonds is 6. The van der Waals surface area contributed by atoms with Crippen molar-refractivity contribution in [2.24, 2.45) is 7.05 Å². The minimum Gasteiger partial charge on any atom is -0.321 e. The SMILES string of the molecule is Cc1cccc(NC(=O)c2cc(NC(=O)CCc3ccccc3)n(C)n2)c1. The molecule has 138 valence electrons. The van der Waals surface area contributed by atoms with Crippen LogP contribution in [0.5, 0.6) is 0 Å². The highest BCUT2D eigenvalue weighted by molar-refractivity contribution is 6.04. The van der Waals surface area contributed by atoms with Crippen molar-refractivity contribution in [3.8, 4) is 0 Å². The van der Waals surface area contributed by atoms with Crippen LogP contribution in [0.15, 0.2) is 60.7 Å². The van der Waals surface area contributed by atoms with E-state index >= 15 is 0 Å². The van der Waals surface area contributed by atoms with E-state index in [4.69, 9.17) is 0 Å². The third kappa shape index (κ3) is 5.04. The van der Waals surface area contributed by atoms with E-state index in [9.17, 15) is 9.59 Å². The van der Waals surface area contributed by atoms with Gasteiger partial charge in [-0.25, -0.2) is 0 Å². The number of carbonyl (C=O) groups excluding carboxylic acids is 2. The normalized spacial score (nSPS) is 10.4. The maximum absolute atomic E-state index is 12.4. The van der Waals surface area contributed by atoms with Gasteiger partial charge in [-0.2, -0.15) is 5.10 Å². The summed E-state index contributed by atoms with van der Waals surface area (Å²) in [5.74, 6) is 0.0518. The highest BCUT2D eigenvalue weighted by Crippen LogP contribution is 2.14. The maximum atomic E-state index is 12.4. The lowest BCUT2D eigenvalue weighted by Gasteiger charge is -2.05. The molecule has 6 heteroatoms. The van der Waals surface area contributed by atoms with Crippen LogP contribution >= 0.6 is 0 Å². The second-order valence-corrected chi connectivity index (χ2v) is 6.40.